The first-order valence-corrected chi connectivity index (χ1v) is 9.08. The Labute approximate surface area is 144 Å². The summed E-state index contributed by atoms with van der Waals surface area (Å²) < 4.78 is 22.8. The van der Waals surface area contributed by atoms with Crippen molar-refractivity contribution in [2.24, 2.45) is 5.14 Å². The maximum atomic E-state index is 12.2. The van der Waals surface area contributed by atoms with Gasteiger partial charge in [-0.05, 0) is 42.3 Å². The summed E-state index contributed by atoms with van der Waals surface area (Å²) in [6, 6.07) is 8.03. The van der Waals surface area contributed by atoms with Gasteiger partial charge in [0, 0.05) is 18.4 Å². The Balaban J connectivity index is 1.73. The number of nitrogens with zero attached hydrogens (tertiary/aromatic N) is 2. The minimum atomic E-state index is -3.73. The average molecular weight is 367 g/mol. The van der Waals surface area contributed by atoms with E-state index in [2.05, 4.69) is 10.3 Å². The molecule has 0 radical (unpaired) electrons. The minimum absolute atomic E-state index is 0.0784. The first-order valence-electron chi connectivity index (χ1n) is 7.15. The standard InChI is InChI=1S/C15H15ClN4O3S/c16-15-12(2-1-6-18-15)19-14(21)9-20-7-5-10-8-11(24(17,22)23)3-4-13(10)20/h1-4,6,8H,5,7,9H2,(H,19,21)(H2,17,22,23). The van der Waals surface area contributed by atoms with Crippen molar-refractivity contribution in [1.29, 1.82) is 0 Å². The first kappa shape index (κ1) is 16.7. The summed E-state index contributed by atoms with van der Waals surface area (Å²) in [4.78, 5) is 18.1. The second-order valence-corrected chi connectivity index (χ2v) is 7.32. The molecule has 1 amide bonds. The van der Waals surface area contributed by atoms with Crippen molar-refractivity contribution in [3.05, 3.63) is 47.2 Å². The van der Waals surface area contributed by atoms with Crippen LogP contribution in [0.5, 0.6) is 0 Å². The van der Waals surface area contributed by atoms with Gasteiger partial charge in [0.1, 0.15) is 0 Å². The van der Waals surface area contributed by atoms with Gasteiger partial charge in [-0.3, -0.25) is 4.79 Å². The van der Waals surface area contributed by atoms with Crippen LogP contribution in [0.4, 0.5) is 11.4 Å². The molecule has 3 rings (SSSR count). The number of carbonyl (C=O) groups is 1. The number of pyridine rings is 1. The van der Waals surface area contributed by atoms with Crippen LogP contribution in [-0.2, 0) is 21.2 Å². The Hall–Kier alpha value is -2.16. The van der Waals surface area contributed by atoms with Gasteiger partial charge in [-0.25, -0.2) is 18.5 Å². The van der Waals surface area contributed by atoms with Crippen LogP contribution in [0.25, 0.3) is 0 Å². The molecular weight excluding hydrogens is 352 g/mol. The number of amides is 1. The van der Waals surface area contributed by atoms with Gasteiger partial charge in [0.15, 0.2) is 5.15 Å². The van der Waals surface area contributed by atoms with E-state index >= 15 is 0 Å². The lowest BCUT2D eigenvalue weighted by atomic mass is 10.2. The third-order valence-corrected chi connectivity index (χ3v) is 4.95. The Morgan fingerprint density at radius 2 is 2.17 bits per heavy atom. The van der Waals surface area contributed by atoms with Gasteiger partial charge < -0.3 is 10.2 Å². The van der Waals surface area contributed by atoms with E-state index < -0.39 is 10.0 Å². The van der Waals surface area contributed by atoms with Gasteiger partial charge in [-0.1, -0.05) is 11.6 Å². The average Bonchev–Trinajstić information content (AvgIpc) is 2.91. The number of hydrogen-bond donors (Lipinski definition) is 2. The topological polar surface area (TPSA) is 105 Å². The number of anilines is 2. The first-order chi connectivity index (χ1) is 11.3. The molecule has 0 bridgehead atoms. The van der Waals surface area contributed by atoms with Gasteiger partial charge in [-0.15, -0.1) is 0 Å². The van der Waals surface area contributed by atoms with Crippen molar-refractivity contribution in [1.82, 2.24) is 4.98 Å². The Morgan fingerprint density at radius 3 is 2.88 bits per heavy atom. The summed E-state index contributed by atoms with van der Waals surface area (Å²) in [5.74, 6) is -0.228. The molecule has 1 aromatic heterocycles. The lowest BCUT2D eigenvalue weighted by Gasteiger charge is -2.19. The molecule has 0 spiro atoms. The van der Waals surface area contributed by atoms with E-state index in [0.29, 0.717) is 18.7 Å². The van der Waals surface area contributed by atoms with Crippen molar-refractivity contribution in [3.63, 3.8) is 0 Å². The molecule has 126 valence electrons. The SMILES string of the molecule is NS(=O)(=O)c1ccc2c(c1)CCN2CC(=O)Nc1cccnc1Cl. The van der Waals surface area contributed by atoms with Gasteiger partial charge in [0.2, 0.25) is 15.9 Å². The maximum absolute atomic E-state index is 12.2. The molecule has 9 heteroatoms. The van der Waals surface area contributed by atoms with Crippen LogP contribution in [-0.4, -0.2) is 32.4 Å². The summed E-state index contributed by atoms with van der Waals surface area (Å²) in [5.41, 5.74) is 2.14. The number of hydrogen-bond acceptors (Lipinski definition) is 5. The molecule has 1 aromatic carbocycles. The number of sulfonamides is 1. The van der Waals surface area contributed by atoms with Gasteiger partial charge >= 0.3 is 0 Å². The summed E-state index contributed by atoms with van der Waals surface area (Å²) >= 11 is 5.92. The number of fused-ring (bicyclic) bond motifs is 1. The molecule has 0 fully saturated rings. The zero-order chi connectivity index (χ0) is 17.3. The predicted molar refractivity (Wildman–Crippen MR) is 91.6 cm³/mol. The summed E-state index contributed by atoms with van der Waals surface area (Å²) in [6.45, 7) is 0.755. The largest absolute Gasteiger partial charge is 0.362 e. The molecule has 3 N–H and O–H groups in total. The van der Waals surface area contributed by atoms with E-state index in [-0.39, 0.29) is 22.5 Å². The van der Waals surface area contributed by atoms with Gasteiger partial charge in [-0.2, -0.15) is 0 Å². The highest BCUT2D eigenvalue weighted by molar-refractivity contribution is 7.89. The van der Waals surface area contributed by atoms with E-state index in [0.717, 1.165) is 11.3 Å². The van der Waals surface area contributed by atoms with Crippen LogP contribution in [0.3, 0.4) is 0 Å². The third-order valence-electron chi connectivity index (χ3n) is 3.74. The zero-order valence-corrected chi connectivity index (χ0v) is 14.1. The monoisotopic (exact) mass is 366 g/mol. The van der Waals surface area contributed by atoms with Gasteiger partial charge in [0.25, 0.3) is 0 Å². The summed E-state index contributed by atoms with van der Waals surface area (Å²) in [6.07, 6.45) is 2.19. The summed E-state index contributed by atoms with van der Waals surface area (Å²) in [7, 11) is -3.73. The molecule has 2 aromatic rings. The van der Waals surface area contributed by atoms with Crippen molar-refractivity contribution >= 4 is 38.9 Å². The normalized spacial score (nSPS) is 13.7. The Morgan fingerprint density at radius 1 is 1.38 bits per heavy atom. The highest BCUT2D eigenvalue weighted by Crippen LogP contribution is 2.29. The van der Waals surface area contributed by atoms with Crippen molar-refractivity contribution in [2.75, 3.05) is 23.3 Å². The van der Waals surface area contributed by atoms with Crippen LogP contribution in [0, 0.1) is 0 Å². The third kappa shape index (κ3) is 3.50. The number of carbonyl (C=O) groups excluding carboxylic acids is 1. The minimum Gasteiger partial charge on any atom is -0.362 e. The van der Waals surface area contributed by atoms with E-state index in [1.54, 1.807) is 24.3 Å². The number of nitrogens with two attached hydrogens (primary N) is 1. The molecule has 24 heavy (non-hydrogen) atoms. The molecule has 0 atom stereocenters. The number of primary sulfonamides is 1. The smallest absolute Gasteiger partial charge is 0.243 e. The van der Waals surface area contributed by atoms with Crippen molar-refractivity contribution < 1.29 is 13.2 Å². The predicted octanol–water partition coefficient (Wildman–Crippen LogP) is 1.38. The van der Waals surface area contributed by atoms with E-state index in [4.69, 9.17) is 16.7 Å². The molecule has 0 saturated carbocycles. The highest BCUT2D eigenvalue weighted by atomic mass is 35.5. The van der Waals surface area contributed by atoms with E-state index in [9.17, 15) is 13.2 Å². The fraction of sp³-hybridized carbons (Fsp3) is 0.200. The number of halogens is 1. The van der Waals surface area contributed by atoms with Gasteiger partial charge in [0.05, 0.1) is 17.1 Å². The lowest BCUT2D eigenvalue weighted by Crippen LogP contribution is -2.32. The van der Waals surface area contributed by atoms with Crippen LogP contribution < -0.4 is 15.4 Å². The fourth-order valence-corrected chi connectivity index (χ4v) is 3.36. The molecule has 7 nitrogen and oxygen atoms in total. The molecule has 2 heterocycles. The lowest BCUT2D eigenvalue weighted by molar-refractivity contribution is -0.115. The number of benzene rings is 1. The number of rotatable bonds is 4. The second kappa shape index (κ2) is 6.39. The van der Waals surface area contributed by atoms with Crippen LogP contribution in [0.15, 0.2) is 41.4 Å². The Bertz CT molecular complexity index is 901. The van der Waals surface area contributed by atoms with Crippen LogP contribution in [0.1, 0.15) is 5.56 Å². The molecule has 1 aliphatic rings. The number of nitrogens with one attached hydrogen (secondary N) is 1. The van der Waals surface area contributed by atoms with Crippen molar-refractivity contribution in [2.45, 2.75) is 11.3 Å². The fourth-order valence-electron chi connectivity index (χ4n) is 2.63. The summed E-state index contributed by atoms with van der Waals surface area (Å²) in [5, 5.41) is 8.08. The second-order valence-electron chi connectivity index (χ2n) is 5.40. The quantitative estimate of drug-likeness (QED) is 0.795. The van der Waals surface area contributed by atoms with Crippen LogP contribution in [0.2, 0.25) is 5.15 Å². The molecular formula is C15H15ClN4O3S. The van der Waals surface area contributed by atoms with E-state index in [1.165, 1.54) is 12.3 Å². The maximum Gasteiger partial charge on any atom is 0.243 e. The zero-order valence-electron chi connectivity index (χ0n) is 12.6. The van der Waals surface area contributed by atoms with E-state index in [1.807, 2.05) is 4.90 Å². The highest BCUT2D eigenvalue weighted by Gasteiger charge is 2.23. The molecule has 1 aliphatic heterocycles. The molecule has 0 saturated heterocycles. The van der Waals surface area contributed by atoms with Crippen molar-refractivity contribution in [3.8, 4) is 0 Å². The molecule has 0 unspecified atom stereocenters. The molecule has 0 aliphatic carbocycles. The number of aromatic nitrogens is 1. The van der Waals surface area contributed by atoms with Crippen LogP contribution >= 0.6 is 11.6 Å². The Kier molecular flexibility index (Phi) is 4.44.